The summed E-state index contributed by atoms with van der Waals surface area (Å²) in [5.74, 6) is 0. The maximum atomic E-state index is 2.57. The quantitative estimate of drug-likeness (QED) is 0.357. The summed E-state index contributed by atoms with van der Waals surface area (Å²) < 4.78 is 0. The summed E-state index contributed by atoms with van der Waals surface area (Å²) in [6.45, 7) is 9.43. The van der Waals surface area contributed by atoms with Crippen molar-refractivity contribution in [2.75, 3.05) is 38.0 Å². The second-order valence-electron chi connectivity index (χ2n) is 10.3. The Balaban J connectivity index is 2.23. The van der Waals surface area contributed by atoms with Gasteiger partial charge in [-0.3, -0.25) is 0 Å². The first-order valence-corrected chi connectivity index (χ1v) is 14.1. The summed E-state index contributed by atoms with van der Waals surface area (Å²) in [5.41, 5.74) is 6.81. The average Bonchev–Trinajstić information content (AvgIpc) is 3.03. The predicted molar refractivity (Wildman–Crippen MR) is 153 cm³/mol. The molecular formula is C31H38N2Si. The third kappa shape index (κ3) is 3.63. The zero-order chi connectivity index (χ0) is 24.7. The number of anilines is 2. The van der Waals surface area contributed by atoms with Crippen LogP contribution < -0.4 is 25.4 Å². The van der Waals surface area contributed by atoms with Crippen LogP contribution in [-0.2, 0) is 0 Å². The molecular weight excluding hydrogens is 428 g/mol. The van der Waals surface area contributed by atoms with Crippen molar-refractivity contribution in [3.05, 3.63) is 102 Å². The summed E-state index contributed by atoms with van der Waals surface area (Å²) in [7, 11) is 5.97. The van der Waals surface area contributed by atoms with E-state index in [1.165, 1.54) is 43.7 Å². The van der Waals surface area contributed by atoms with Crippen LogP contribution in [0.5, 0.6) is 0 Å². The van der Waals surface area contributed by atoms with Crippen LogP contribution in [0.15, 0.2) is 102 Å². The highest BCUT2D eigenvalue weighted by Crippen LogP contribution is 2.53. The van der Waals surface area contributed by atoms with E-state index in [0.717, 1.165) is 0 Å². The van der Waals surface area contributed by atoms with E-state index in [1.807, 2.05) is 0 Å². The molecule has 1 aliphatic carbocycles. The molecule has 0 radical (unpaired) electrons. The van der Waals surface area contributed by atoms with Gasteiger partial charge in [-0.2, -0.15) is 0 Å². The van der Waals surface area contributed by atoms with Crippen molar-refractivity contribution in [2.24, 2.45) is 0 Å². The summed E-state index contributed by atoms with van der Waals surface area (Å²) in [6, 6.07) is 29.8. The molecule has 0 saturated carbocycles. The Hall–Kier alpha value is -3.04. The largest absolute Gasteiger partial charge is 0.378 e. The van der Waals surface area contributed by atoms with Crippen LogP contribution in [0, 0.1) is 0 Å². The molecule has 2 nitrogen and oxygen atoms in total. The molecule has 0 fully saturated rings. The van der Waals surface area contributed by atoms with Crippen LogP contribution in [0.1, 0.15) is 27.7 Å². The average molecular weight is 467 g/mol. The molecule has 1 aliphatic rings. The number of rotatable bonds is 6. The number of hydrogen-bond donors (Lipinski definition) is 0. The Bertz CT molecular complexity index is 1170. The summed E-state index contributed by atoms with van der Waals surface area (Å²) in [5, 5.41) is 4.24. The highest BCUT2D eigenvalue weighted by atomic mass is 28.3. The fourth-order valence-corrected chi connectivity index (χ4v) is 11.9. The van der Waals surface area contributed by atoms with Crippen LogP contribution in [0.2, 0.25) is 5.04 Å². The van der Waals surface area contributed by atoms with E-state index in [0.29, 0.717) is 0 Å². The lowest BCUT2D eigenvalue weighted by molar-refractivity contribution is 0.870. The van der Waals surface area contributed by atoms with Crippen molar-refractivity contribution in [3.8, 4) is 0 Å². The van der Waals surface area contributed by atoms with Gasteiger partial charge in [0.25, 0.3) is 0 Å². The molecule has 1 unspecified atom stereocenters. The van der Waals surface area contributed by atoms with Gasteiger partial charge in [0.05, 0.1) is 0 Å². The van der Waals surface area contributed by atoms with Gasteiger partial charge in [0.1, 0.15) is 0 Å². The fourth-order valence-electron chi connectivity index (χ4n) is 5.83. The van der Waals surface area contributed by atoms with Crippen LogP contribution in [-0.4, -0.2) is 36.3 Å². The number of nitrogens with zero attached hydrogens (tertiary/aromatic N) is 2. The van der Waals surface area contributed by atoms with E-state index in [-0.39, 0.29) is 5.04 Å². The molecule has 4 rings (SSSR count). The molecule has 0 aromatic heterocycles. The Morgan fingerprint density at radius 2 is 1.06 bits per heavy atom. The molecule has 0 N–H and O–H groups in total. The first kappa shape index (κ1) is 24.1. The normalized spacial score (nSPS) is 18.2. The first-order valence-electron chi connectivity index (χ1n) is 12.1. The van der Waals surface area contributed by atoms with Gasteiger partial charge in [0, 0.05) is 44.6 Å². The van der Waals surface area contributed by atoms with E-state index in [9.17, 15) is 0 Å². The Labute approximate surface area is 207 Å². The van der Waals surface area contributed by atoms with Crippen molar-refractivity contribution < 1.29 is 0 Å². The minimum atomic E-state index is -2.60. The lowest BCUT2D eigenvalue weighted by Gasteiger charge is -2.47. The summed E-state index contributed by atoms with van der Waals surface area (Å²) in [6.07, 6.45) is 2.57. The van der Waals surface area contributed by atoms with Crippen molar-refractivity contribution in [1.82, 2.24) is 0 Å². The molecule has 0 aliphatic heterocycles. The van der Waals surface area contributed by atoms with Gasteiger partial charge >= 0.3 is 0 Å². The van der Waals surface area contributed by atoms with Crippen LogP contribution >= 0.6 is 0 Å². The number of benzene rings is 3. The van der Waals surface area contributed by atoms with Gasteiger partial charge < -0.3 is 9.80 Å². The van der Waals surface area contributed by atoms with Crippen LogP contribution in [0.3, 0.4) is 0 Å². The SMILES string of the molecule is CC1=CC(C)([Si](c2ccccc2)(c2ccccc2)c2cc(N(C)C)cc(N(C)C)c2)C(C)=C1C. The van der Waals surface area contributed by atoms with Gasteiger partial charge in [-0.1, -0.05) is 84.8 Å². The maximum absolute atomic E-state index is 2.60. The number of hydrogen-bond acceptors (Lipinski definition) is 2. The molecule has 3 aromatic rings. The fraction of sp³-hybridized carbons (Fsp3) is 0.290. The van der Waals surface area contributed by atoms with Gasteiger partial charge in [-0.05, 0) is 60.1 Å². The lowest BCUT2D eigenvalue weighted by atomic mass is 10.0. The minimum absolute atomic E-state index is 0.0988. The molecule has 1 atom stereocenters. The second kappa shape index (κ2) is 8.96. The molecule has 0 spiro atoms. The Morgan fingerprint density at radius 1 is 0.618 bits per heavy atom. The third-order valence-electron chi connectivity index (χ3n) is 8.00. The highest BCUT2D eigenvalue weighted by molar-refractivity contribution is 7.14. The molecule has 0 heterocycles. The van der Waals surface area contributed by atoms with E-state index >= 15 is 0 Å². The van der Waals surface area contributed by atoms with Crippen LogP contribution in [0.25, 0.3) is 0 Å². The molecule has 176 valence electrons. The molecule has 0 bridgehead atoms. The van der Waals surface area contributed by atoms with E-state index < -0.39 is 8.07 Å². The van der Waals surface area contributed by atoms with Crippen LogP contribution in [0.4, 0.5) is 11.4 Å². The van der Waals surface area contributed by atoms with E-state index in [4.69, 9.17) is 0 Å². The monoisotopic (exact) mass is 466 g/mol. The zero-order valence-corrected chi connectivity index (χ0v) is 23.0. The van der Waals surface area contributed by atoms with Gasteiger partial charge in [-0.25, -0.2) is 0 Å². The lowest BCUT2D eigenvalue weighted by Crippen LogP contribution is -2.73. The molecule has 0 saturated heterocycles. The zero-order valence-electron chi connectivity index (χ0n) is 22.0. The topological polar surface area (TPSA) is 6.48 Å². The second-order valence-corrected chi connectivity index (χ2v) is 14.6. The van der Waals surface area contributed by atoms with Crippen molar-refractivity contribution in [2.45, 2.75) is 32.7 Å². The number of allylic oxidation sites excluding steroid dienone is 4. The Kier molecular flexibility index (Phi) is 6.35. The highest BCUT2D eigenvalue weighted by Gasteiger charge is 2.56. The van der Waals surface area contributed by atoms with E-state index in [2.05, 4.69) is 151 Å². The van der Waals surface area contributed by atoms with Crippen molar-refractivity contribution in [3.63, 3.8) is 0 Å². The first-order chi connectivity index (χ1) is 16.1. The van der Waals surface area contributed by atoms with Gasteiger partial charge in [0.15, 0.2) is 8.07 Å². The Morgan fingerprint density at radius 3 is 1.41 bits per heavy atom. The van der Waals surface area contributed by atoms with Gasteiger partial charge in [0.2, 0.25) is 0 Å². The molecule has 34 heavy (non-hydrogen) atoms. The molecule has 0 amide bonds. The molecule has 3 aromatic carbocycles. The predicted octanol–water partition coefficient (Wildman–Crippen LogP) is 5.35. The summed E-state index contributed by atoms with van der Waals surface area (Å²) in [4.78, 5) is 4.47. The van der Waals surface area contributed by atoms with E-state index in [1.54, 1.807) is 0 Å². The summed E-state index contributed by atoms with van der Waals surface area (Å²) >= 11 is 0. The van der Waals surface area contributed by atoms with Crippen molar-refractivity contribution in [1.29, 1.82) is 0 Å². The van der Waals surface area contributed by atoms with Gasteiger partial charge in [-0.15, -0.1) is 0 Å². The third-order valence-corrected chi connectivity index (χ3v) is 13.6. The van der Waals surface area contributed by atoms with Crippen molar-refractivity contribution >= 4 is 35.0 Å². The minimum Gasteiger partial charge on any atom is -0.378 e. The smallest absolute Gasteiger partial charge is 0.161 e. The standard InChI is InChI=1S/C31H38N2Si/c1-23-22-31(4,25(3)24(23)2)34(28-15-11-9-12-16-28,29-17-13-10-14-18-29)30-20-26(32(5)6)19-27(21-30)33(7)8/h9-22H,1-8H3. The maximum Gasteiger partial charge on any atom is 0.161 e. The molecule has 3 heteroatoms.